The molecule has 3 saturated heterocycles. The molecule has 3 atom stereocenters. The van der Waals surface area contributed by atoms with Crippen molar-refractivity contribution in [2.75, 3.05) is 37.6 Å². The van der Waals surface area contributed by atoms with Crippen molar-refractivity contribution < 1.29 is 27.9 Å². The minimum atomic E-state index is -3.79. The molecular formula is C27H36N6O6S. The number of aryl methyl sites for hydroxylation is 2. The molecule has 40 heavy (non-hydrogen) atoms. The van der Waals surface area contributed by atoms with E-state index < -0.39 is 21.5 Å². The summed E-state index contributed by atoms with van der Waals surface area (Å²) in [6, 6.07) is 8.05. The molecule has 6 rings (SSSR count). The zero-order valence-electron chi connectivity index (χ0n) is 22.8. The highest BCUT2D eigenvalue weighted by Crippen LogP contribution is 2.57. The molecule has 3 fully saturated rings. The molecule has 5 heterocycles. The van der Waals surface area contributed by atoms with Crippen molar-refractivity contribution >= 4 is 34.0 Å². The molecule has 13 heteroatoms. The Balaban J connectivity index is 0.00000103. The number of sulfonamides is 1. The Bertz CT molecular complexity index is 1390. The molecule has 2 aromatic rings. The van der Waals surface area contributed by atoms with Crippen molar-refractivity contribution in [1.82, 2.24) is 24.7 Å². The van der Waals surface area contributed by atoms with E-state index in [4.69, 9.17) is 9.90 Å². The lowest BCUT2D eigenvalue weighted by atomic mass is 9.78. The Kier molecular flexibility index (Phi) is 7.73. The fourth-order valence-electron chi connectivity index (χ4n) is 7.18. The Morgan fingerprint density at radius 3 is 2.52 bits per heavy atom. The second-order valence-electron chi connectivity index (χ2n) is 10.8. The topological polar surface area (TPSA) is 156 Å². The molecular weight excluding hydrogens is 536 g/mol. The first-order valence-electron chi connectivity index (χ1n) is 13.7. The fourth-order valence-corrected chi connectivity index (χ4v) is 9.03. The second kappa shape index (κ2) is 10.9. The number of nitrogens with zero attached hydrogens (tertiary/aromatic N) is 4. The van der Waals surface area contributed by atoms with E-state index in [1.165, 1.54) is 4.31 Å². The van der Waals surface area contributed by atoms with Gasteiger partial charge in [0.1, 0.15) is 10.4 Å². The van der Waals surface area contributed by atoms with Crippen molar-refractivity contribution in [3.05, 3.63) is 41.2 Å². The second-order valence-corrected chi connectivity index (χ2v) is 12.7. The van der Waals surface area contributed by atoms with Crippen LogP contribution in [0.4, 0.5) is 5.69 Å². The number of carbonyl (C=O) groups excluding carboxylic acids is 2. The third-order valence-electron chi connectivity index (χ3n) is 8.67. The van der Waals surface area contributed by atoms with Gasteiger partial charge < -0.3 is 15.3 Å². The predicted molar refractivity (Wildman–Crippen MR) is 146 cm³/mol. The van der Waals surface area contributed by atoms with Gasteiger partial charge in [-0.1, -0.05) is 18.2 Å². The van der Waals surface area contributed by atoms with Crippen LogP contribution in [0.25, 0.3) is 0 Å². The average Bonchev–Trinajstić information content (AvgIpc) is 3.65. The standard InChI is InChI=1S/C26H34N6O4S.CH2O2/c1-17-23(18(2)29-28-17)37(35,36)30-12-6-11-27-24(33)21-16-19-8-5-15-32(19)26(21)20-9-3-4-10-22(20)31(25(26)34)14-7-13-30;2-1-3/h3-4,9-10,19,21H,5-8,11-16H2,1-2H3,(H,27,33)(H,28,29);1H,(H,2,3)/t19-,21-,26+;/m0./s1. The van der Waals surface area contributed by atoms with Gasteiger partial charge in [0.15, 0.2) is 0 Å². The minimum Gasteiger partial charge on any atom is -0.483 e. The van der Waals surface area contributed by atoms with Crippen LogP contribution < -0.4 is 10.2 Å². The Labute approximate surface area is 233 Å². The molecule has 4 aliphatic rings. The Morgan fingerprint density at radius 1 is 1.07 bits per heavy atom. The van der Waals surface area contributed by atoms with Gasteiger partial charge in [0.2, 0.25) is 15.9 Å². The molecule has 4 aliphatic heterocycles. The summed E-state index contributed by atoms with van der Waals surface area (Å²) in [6.07, 6.45) is 3.67. The number of carbonyl (C=O) groups is 3. The predicted octanol–water partition coefficient (Wildman–Crippen LogP) is 1.35. The zero-order chi connectivity index (χ0) is 28.7. The maximum absolute atomic E-state index is 14.4. The quantitative estimate of drug-likeness (QED) is 0.456. The Morgan fingerprint density at radius 2 is 1.80 bits per heavy atom. The number of aromatic amines is 1. The maximum Gasteiger partial charge on any atom is 0.290 e. The number of hydrogen-bond donors (Lipinski definition) is 3. The van der Waals surface area contributed by atoms with Crippen molar-refractivity contribution in [2.45, 2.75) is 62.4 Å². The minimum absolute atomic E-state index is 0.0478. The summed E-state index contributed by atoms with van der Waals surface area (Å²) in [4.78, 5) is 40.7. The van der Waals surface area contributed by atoms with Gasteiger partial charge >= 0.3 is 0 Å². The lowest BCUT2D eigenvalue weighted by Gasteiger charge is -2.37. The average molecular weight is 573 g/mol. The van der Waals surface area contributed by atoms with Crippen LogP contribution in [0.5, 0.6) is 0 Å². The van der Waals surface area contributed by atoms with Gasteiger partial charge in [0.05, 0.1) is 17.3 Å². The normalized spacial score (nSPS) is 27.3. The monoisotopic (exact) mass is 572 g/mol. The zero-order valence-corrected chi connectivity index (χ0v) is 23.6. The number of hydrogen-bond acceptors (Lipinski definition) is 7. The first kappa shape index (κ1) is 28.2. The van der Waals surface area contributed by atoms with E-state index in [0.717, 1.165) is 30.6 Å². The molecule has 12 nitrogen and oxygen atoms in total. The van der Waals surface area contributed by atoms with E-state index in [2.05, 4.69) is 20.4 Å². The third kappa shape index (κ3) is 4.31. The number of fused-ring (bicyclic) bond motifs is 4. The van der Waals surface area contributed by atoms with Crippen LogP contribution in [-0.2, 0) is 29.9 Å². The van der Waals surface area contributed by atoms with Crippen molar-refractivity contribution in [3.63, 3.8) is 0 Å². The van der Waals surface area contributed by atoms with Gasteiger partial charge in [-0.15, -0.1) is 0 Å². The molecule has 0 radical (unpaired) electrons. The molecule has 1 aromatic carbocycles. The fraction of sp³-hybridized carbons (Fsp3) is 0.556. The molecule has 3 N–H and O–H groups in total. The van der Waals surface area contributed by atoms with E-state index in [9.17, 15) is 18.0 Å². The van der Waals surface area contributed by atoms with Crippen LogP contribution in [0, 0.1) is 19.8 Å². The van der Waals surface area contributed by atoms with Gasteiger partial charge in [-0.25, -0.2) is 8.42 Å². The van der Waals surface area contributed by atoms with Gasteiger partial charge in [-0.3, -0.25) is 24.4 Å². The number of aromatic nitrogens is 2. The molecule has 0 unspecified atom stereocenters. The Hall–Kier alpha value is -3.29. The lowest BCUT2D eigenvalue weighted by molar-refractivity contribution is -0.138. The van der Waals surface area contributed by atoms with Crippen LogP contribution in [0.1, 0.15) is 49.1 Å². The van der Waals surface area contributed by atoms with Crippen LogP contribution in [0.15, 0.2) is 29.2 Å². The number of H-pyrrole nitrogens is 1. The van der Waals surface area contributed by atoms with Crippen molar-refractivity contribution in [1.29, 1.82) is 0 Å². The van der Waals surface area contributed by atoms with E-state index >= 15 is 0 Å². The number of nitrogens with one attached hydrogen (secondary N) is 2. The number of rotatable bonds is 2. The van der Waals surface area contributed by atoms with Gasteiger partial charge in [0.25, 0.3) is 12.4 Å². The lowest BCUT2D eigenvalue weighted by Crippen LogP contribution is -2.56. The van der Waals surface area contributed by atoms with Gasteiger partial charge in [-0.2, -0.15) is 9.40 Å². The molecule has 2 amide bonds. The van der Waals surface area contributed by atoms with Crippen LogP contribution in [0.2, 0.25) is 0 Å². The summed E-state index contributed by atoms with van der Waals surface area (Å²) in [5, 5.41) is 16.8. The van der Waals surface area contributed by atoms with Crippen LogP contribution in [0.3, 0.4) is 0 Å². The summed E-state index contributed by atoms with van der Waals surface area (Å²) < 4.78 is 28.7. The van der Waals surface area contributed by atoms with Crippen LogP contribution >= 0.6 is 0 Å². The number of anilines is 1. The SMILES string of the molecule is Cc1n[nH]c(C)c1S(=O)(=O)N1CCCNC(=O)[C@@H]2C[C@@H]3CCCN3[C@@]23C(=O)N(CCC1)c1ccccc13.O=CO. The van der Waals surface area contributed by atoms with Gasteiger partial charge in [0, 0.05) is 43.5 Å². The molecule has 2 bridgehead atoms. The number of carboxylic acid groups (broad SMARTS) is 1. The molecule has 1 spiro atoms. The van der Waals surface area contributed by atoms with E-state index in [0.29, 0.717) is 43.7 Å². The van der Waals surface area contributed by atoms with Crippen LogP contribution in [-0.4, -0.2) is 90.0 Å². The largest absolute Gasteiger partial charge is 0.483 e. The summed E-state index contributed by atoms with van der Waals surface area (Å²) in [7, 11) is -3.79. The maximum atomic E-state index is 14.4. The first-order valence-corrected chi connectivity index (χ1v) is 15.2. The summed E-state index contributed by atoms with van der Waals surface area (Å²) in [5.41, 5.74) is 1.72. The third-order valence-corrected chi connectivity index (χ3v) is 10.8. The highest BCUT2D eigenvalue weighted by molar-refractivity contribution is 7.89. The number of para-hydroxylation sites is 1. The highest BCUT2D eigenvalue weighted by atomic mass is 32.2. The van der Waals surface area contributed by atoms with E-state index in [1.807, 2.05) is 24.3 Å². The number of benzene rings is 1. The van der Waals surface area contributed by atoms with Gasteiger partial charge in [-0.05, 0) is 58.6 Å². The summed E-state index contributed by atoms with van der Waals surface area (Å²) in [6.45, 7) is 5.23. The molecule has 1 aromatic heterocycles. The number of amides is 2. The molecule has 0 aliphatic carbocycles. The molecule has 0 saturated carbocycles. The van der Waals surface area contributed by atoms with Crippen molar-refractivity contribution in [2.24, 2.45) is 5.92 Å². The summed E-state index contributed by atoms with van der Waals surface area (Å²) in [5.74, 6) is -0.628. The highest BCUT2D eigenvalue weighted by Gasteiger charge is 2.67. The van der Waals surface area contributed by atoms with E-state index in [1.54, 1.807) is 18.7 Å². The first-order chi connectivity index (χ1) is 19.2. The summed E-state index contributed by atoms with van der Waals surface area (Å²) >= 11 is 0. The smallest absolute Gasteiger partial charge is 0.290 e. The molecule has 216 valence electrons. The van der Waals surface area contributed by atoms with E-state index in [-0.39, 0.29) is 42.3 Å². The van der Waals surface area contributed by atoms with Crippen molar-refractivity contribution in [3.8, 4) is 0 Å².